The topological polar surface area (TPSA) is 32.3 Å². The first-order valence-corrected chi connectivity index (χ1v) is 9.00. The predicted molar refractivity (Wildman–Crippen MR) is 106 cm³/mol. The third-order valence-electron chi connectivity index (χ3n) is 4.05. The largest absolute Gasteiger partial charge is 0.348 e. The Labute approximate surface area is 152 Å². The Balaban J connectivity index is 2.17. The maximum Gasteiger partial charge on any atom is 0.251 e. The van der Waals surface area contributed by atoms with Gasteiger partial charge in [-0.2, -0.15) is 0 Å². The highest BCUT2D eigenvalue weighted by atomic mass is 16.1. The second-order valence-corrected chi connectivity index (χ2v) is 7.52. The second-order valence-electron chi connectivity index (χ2n) is 7.52. The molecule has 3 nitrogen and oxygen atoms in total. The fourth-order valence-corrected chi connectivity index (χ4v) is 3.09. The van der Waals surface area contributed by atoms with Crippen LogP contribution in [0.15, 0.2) is 48.5 Å². The lowest BCUT2D eigenvalue weighted by atomic mass is 9.97. The third-order valence-corrected chi connectivity index (χ3v) is 4.05. The van der Waals surface area contributed by atoms with Gasteiger partial charge in [0, 0.05) is 18.2 Å². The van der Waals surface area contributed by atoms with Gasteiger partial charge in [0.1, 0.15) is 0 Å². The number of likely N-dealkylation sites (N-methyl/N-ethyl adjacent to an activating group) is 1. The molecule has 0 saturated heterocycles. The van der Waals surface area contributed by atoms with Crippen LogP contribution in [-0.2, 0) is 6.42 Å². The monoisotopic (exact) mass is 338 g/mol. The van der Waals surface area contributed by atoms with Gasteiger partial charge in [0.2, 0.25) is 0 Å². The van der Waals surface area contributed by atoms with Crippen LogP contribution in [0.5, 0.6) is 0 Å². The first-order chi connectivity index (χ1) is 11.8. The van der Waals surface area contributed by atoms with Gasteiger partial charge >= 0.3 is 0 Å². The summed E-state index contributed by atoms with van der Waals surface area (Å²) in [6.07, 6.45) is 1.07. The van der Waals surface area contributed by atoms with Crippen molar-refractivity contribution in [1.29, 1.82) is 0 Å². The van der Waals surface area contributed by atoms with Gasteiger partial charge in [0.05, 0.1) is 0 Å². The average molecular weight is 338 g/mol. The van der Waals surface area contributed by atoms with E-state index < -0.39 is 0 Å². The summed E-state index contributed by atoms with van der Waals surface area (Å²) in [6, 6.07) is 16.6. The van der Waals surface area contributed by atoms with Crippen LogP contribution in [0.1, 0.15) is 36.7 Å². The summed E-state index contributed by atoms with van der Waals surface area (Å²) in [4.78, 5) is 14.6. The molecule has 0 spiro atoms. The number of hydrogen-bond acceptors (Lipinski definition) is 2. The van der Waals surface area contributed by atoms with Gasteiger partial charge in [-0.15, -0.1) is 0 Å². The fourth-order valence-electron chi connectivity index (χ4n) is 3.09. The zero-order valence-electron chi connectivity index (χ0n) is 16.0. The number of amides is 1. The first kappa shape index (κ1) is 19.2. The zero-order valence-corrected chi connectivity index (χ0v) is 16.0. The van der Waals surface area contributed by atoms with E-state index in [1.165, 1.54) is 5.56 Å². The van der Waals surface area contributed by atoms with E-state index in [4.69, 9.17) is 0 Å². The molecule has 1 N–H and O–H groups in total. The smallest absolute Gasteiger partial charge is 0.251 e. The SMILES string of the molecule is CC(C)Cc1cccc(-c2cccc(C(=O)NC(C)CN(C)C)c2)c1. The van der Waals surface area contributed by atoms with Gasteiger partial charge in [-0.1, -0.05) is 50.2 Å². The highest BCUT2D eigenvalue weighted by Gasteiger charge is 2.11. The van der Waals surface area contributed by atoms with Gasteiger partial charge in [-0.05, 0) is 62.2 Å². The average Bonchev–Trinajstić information content (AvgIpc) is 2.53. The van der Waals surface area contributed by atoms with E-state index in [0.717, 1.165) is 24.1 Å². The normalized spacial score (nSPS) is 12.4. The van der Waals surface area contributed by atoms with Crippen molar-refractivity contribution in [3.8, 4) is 11.1 Å². The maximum absolute atomic E-state index is 12.5. The molecule has 0 radical (unpaired) electrons. The van der Waals surface area contributed by atoms with Gasteiger partial charge in [0.25, 0.3) is 5.91 Å². The van der Waals surface area contributed by atoms with E-state index >= 15 is 0 Å². The van der Waals surface area contributed by atoms with E-state index in [1.54, 1.807) is 0 Å². The van der Waals surface area contributed by atoms with Crippen LogP contribution in [0, 0.1) is 5.92 Å². The Kier molecular flexibility index (Phi) is 6.77. The van der Waals surface area contributed by atoms with Crippen LogP contribution in [-0.4, -0.2) is 37.5 Å². The van der Waals surface area contributed by atoms with Gasteiger partial charge in [-0.25, -0.2) is 0 Å². The van der Waals surface area contributed by atoms with E-state index in [-0.39, 0.29) is 11.9 Å². The number of nitrogens with zero attached hydrogens (tertiary/aromatic N) is 1. The van der Waals surface area contributed by atoms with Crippen LogP contribution >= 0.6 is 0 Å². The summed E-state index contributed by atoms with van der Waals surface area (Å²) in [7, 11) is 4.01. The van der Waals surface area contributed by atoms with Crippen molar-refractivity contribution in [3.63, 3.8) is 0 Å². The molecule has 0 aliphatic heterocycles. The molecule has 2 aromatic carbocycles. The maximum atomic E-state index is 12.5. The number of benzene rings is 2. The zero-order chi connectivity index (χ0) is 18.4. The van der Waals surface area contributed by atoms with E-state index in [0.29, 0.717) is 11.5 Å². The Bertz CT molecular complexity index is 707. The molecular formula is C22H30N2O. The summed E-state index contributed by atoms with van der Waals surface area (Å²) in [5.74, 6) is 0.611. The summed E-state index contributed by atoms with van der Waals surface area (Å²) in [5.41, 5.74) is 4.28. The molecule has 0 aliphatic carbocycles. The highest BCUT2D eigenvalue weighted by molar-refractivity contribution is 5.95. The summed E-state index contributed by atoms with van der Waals surface area (Å²) < 4.78 is 0. The molecule has 2 rings (SSSR count). The number of nitrogens with one attached hydrogen (secondary N) is 1. The number of hydrogen-bond donors (Lipinski definition) is 1. The van der Waals surface area contributed by atoms with E-state index in [1.807, 2.05) is 39.2 Å². The molecule has 0 heterocycles. The Morgan fingerprint density at radius 3 is 2.28 bits per heavy atom. The van der Waals surface area contributed by atoms with Crippen LogP contribution in [0.2, 0.25) is 0 Å². The molecular weight excluding hydrogens is 308 g/mol. The van der Waals surface area contributed by atoms with Crippen LogP contribution < -0.4 is 5.32 Å². The van der Waals surface area contributed by atoms with Gasteiger partial charge in [-0.3, -0.25) is 4.79 Å². The van der Waals surface area contributed by atoms with Crippen molar-refractivity contribution in [3.05, 3.63) is 59.7 Å². The summed E-state index contributed by atoms with van der Waals surface area (Å²) in [6.45, 7) is 7.30. The van der Waals surface area contributed by atoms with Crippen LogP contribution in [0.3, 0.4) is 0 Å². The minimum absolute atomic E-state index is 0.0189. The van der Waals surface area contributed by atoms with Crippen molar-refractivity contribution >= 4 is 5.91 Å². The first-order valence-electron chi connectivity index (χ1n) is 9.00. The van der Waals surface area contributed by atoms with Crippen molar-refractivity contribution in [2.45, 2.75) is 33.2 Å². The van der Waals surface area contributed by atoms with Crippen LogP contribution in [0.4, 0.5) is 0 Å². The molecule has 134 valence electrons. The third kappa shape index (κ3) is 6.02. The molecule has 0 aromatic heterocycles. The molecule has 1 amide bonds. The minimum Gasteiger partial charge on any atom is -0.348 e. The van der Waals surface area contributed by atoms with Gasteiger partial charge in [0.15, 0.2) is 0 Å². The molecule has 0 saturated carbocycles. The lowest BCUT2D eigenvalue weighted by molar-refractivity contribution is 0.0934. The Morgan fingerprint density at radius 1 is 1.00 bits per heavy atom. The van der Waals surface area contributed by atoms with Crippen molar-refractivity contribution in [1.82, 2.24) is 10.2 Å². The van der Waals surface area contributed by atoms with E-state index in [9.17, 15) is 4.79 Å². The van der Waals surface area contributed by atoms with Crippen molar-refractivity contribution < 1.29 is 4.79 Å². The fraction of sp³-hybridized carbons (Fsp3) is 0.409. The number of carbonyl (C=O) groups is 1. The number of rotatable bonds is 7. The van der Waals surface area contributed by atoms with E-state index in [2.05, 4.69) is 54.4 Å². The molecule has 1 unspecified atom stereocenters. The summed E-state index contributed by atoms with van der Waals surface area (Å²) >= 11 is 0. The molecule has 0 aliphatic rings. The quantitative estimate of drug-likeness (QED) is 0.819. The molecule has 1 atom stereocenters. The molecule has 3 heteroatoms. The minimum atomic E-state index is -0.0189. The molecule has 0 fully saturated rings. The van der Waals surface area contributed by atoms with Crippen molar-refractivity contribution in [2.24, 2.45) is 5.92 Å². The Morgan fingerprint density at radius 2 is 1.64 bits per heavy atom. The van der Waals surface area contributed by atoms with Crippen LogP contribution in [0.25, 0.3) is 11.1 Å². The molecule has 0 bridgehead atoms. The molecule has 25 heavy (non-hydrogen) atoms. The van der Waals surface area contributed by atoms with Crippen molar-refractivity contribution in [2.75, 3.05) is 20.6 Å². The van der Waals surface area contributed by atoms with Gasteiger partial charge < -0.3 is 10.2 Å². The highest BCUT2D eigenvalue weighted by Crippen LogP contribution is 2.23. The standard InChI is InChI=1S/C22H30N2O/c1-16(2)12-18-8-6-9-19(13-18)20-10-7-11-21(14-20)22(25)23-17(3)15-24(4)5/h6-11,13-14,16-17H,12,15H2,1-5H3,(H,23,25). The second kappa shape index (κ2) is 8.82. The molecule has 2 aromatic rings. The predicted octanol–water partition coefficient (Wildman–Crippen LogP) is 4.23. The lowest BCUT2D eigenvalue weighted by Crippen LogP contribution is -2.39. The lowest BCUT2D eigenvalue weighted by Gasteiger charge is -2.18. The number of carbonyl (C=O) groups excluding carboxylic acids is 1. The Hall–Kier alpha value is -2.13. The summed E-state index contributed by atoms with van der Waals surface area (Å²) in [5, 5.41) is 3.06.